The lowest BCUT2D eigenvalue weighted by molar-refractivity contribution is 0.0684. The van der Waals surface area contributed by atoms with Crippen LogP contribution in [0.25, 0.3) is 11.1 Å². The summed E-state index contributed by atoms with van der Waals surface area (Å²) >= 11 is 0. The van der Waals surface area contributed by atoms with E-state index in [1.807, 2.05) is 6.07 Å². The third kappa shape index (κ3) is 11.1. The van der Waals surface area contributed by atoms with E-state index in [4.69, 9.17) is 0 Å². The van der Waals surface area contributed by atoms with E-state index in [1.165, 1.54) is 12.1 Å². The summed E-state index contributed by atoms with van der Waals surface area (Å²) in [6.45, 7) is 14.7. The van der Waals surface area contributed by atoms with Crippen molar-refractivity contribution in [3.05, 3.63) is 57.6 Å². The van der Waals surface area contributed by atoms with E-state index in [1.54, 1.807) is 6.07 Å². The molecule has 0 saturated carbocycles. The monoisotopic (exact) mass is 678 g/mol. The van der Waals surface area contributed by atoms with Crippen LogP contribution in [0, 0.1) is 0 Å². The molecule has 0 unspecified atom stereocenters. The van der Waals surface area contributed by atoms with Gasteiger partial charge < -0.3 is 20.0 Å². The average molecular weight is 680 g/mol. The van der Waals surface area contributed by atoms with Crippen molar-refractivity contribution in [1.29, 1.82) is 0 Å². The molecule has 0 fully saturated rings. The molecule has 7 nitrogen and oxygen atoms in total. The lowest BCUT2D eigenvalue weighted by atomic mass is 9.87. The van der Waals surface area contributed by atoms with Gasteiger partial charge in [0.15, 0.2) is 5.78 Å². The molecular weight excluding hydrogens is 623 g/mol. The Balaban J connectivity index is 0.00000529. The van der Waals surface area contributed by atoms with Gasteiger partial charge in [0.25, 0.3) is 0 Å². The second-order valence-corrected chi connectivity index (χ2v) is 12.3. The Kier molecular flexibility index (Phi) is 19.4. The number of halogens is 2. The van der Waals surface area contributed by atoms with Gasteiger partial charge in [0.2, 0.25) is 0 Å². The zero-order valence-electron chi connectivity index (χ0n) is 28.4. The third-order valence-corrected chi connectivity index (χ3v) is 8.89. The Morgan fingerprint density at radius 3 is 1.54 bits per heavy atom. The molecule has 0 amide bonds. The first-order valence-electron chi connectivity index (χ1n) is 17.1. The number of hydrogen-bond acceptors (Lipinski definition) is 5. The number of hydrogen-bond donors (Lipinski definition) is 2. The van der Waals surface area contributed by atoms with E-state index in [0.717, 1.165) is 115 Å². The highest BCUT2D eigenvalue weighted by Gasteiger charge is 2.34. The number of benzene rings is 2. The average Bonchev–Trinajstić information content (AvgIpc) is 3.29. The summed E-state index contributed by atoms with van der Waals surface area (Å²) in [5.74, 6) is -2.34. The van der Waals surface area contributed by atoms with Crippen LogP contribution in [0.2, 0.25) is 0 Å². The number of carboxylic acids is 2. The molecule has 9 heteroatoms. The number of rotatable bonds is 22. The molecule has 0 saturated heterocycles. The van der Waals surface area contributed by atoms with E-state index in [0.29, 0.717) is 35.1 Å². The van der Waals surface area contributed by atoms with E-state index in [2.05, 4.69) is 37.5 Å². The molecule has 3 rings (SSSR count). The van der Waals surface area contributed by atoms with Crippen molar-refractivity contribution in [2.24, 2.45) is 0 Å². The summed E-state index contributed by atoms with van der Waals surface area (Å²) in [5.41, 5.74) is 3.97. The van der Waals surface area contributed by atoms with Crippen LogP contribution in [0.1, 0.15) is 140 Å². The molecule has 2 N–H and O–H groups in total. The quantitative estimate of drug-likeness (QED) is 0.110. The highest BCUT2D eigenvalue weighted by atomic mass is 35.5. The lowest BCUT2D eigenvalue weighted by Crippen LogP contribution is -2.28. The van der Waals surface area contributed by atoms with Crippen LogP contribution in [0.3, 0.4) is 0 Å². The largest absolute Gasteiger partial charge is 0.478 e. The van der Waals surface area contributed by atoms with E-state index >= 15 is 0 Å². The van der Waals surface area contributed by atoms with Crippen molar-refractivity contribution < 1.29 is 24.6 Å². The molecule has 0 spiro atoms. The zero-order chi connectivity index (χ0) is 32.1. The van der Waals surface area contributed by atoms with Gasteiger partial charge >= 0.3 is 11.9 Å². The smallest absolute Gasteiger partial charge is 0.336 e. The fraction of sp³-hybridized carbons (Fsp3) is 0.595. The highest BCUT2D eigenvalue weighted by Crippen LogP contribution is 2.42. The number of carbonyl (C=O) groups excluding carboxylic acids is 1. The Morgan fingerprint density at radius 2 is 1.09 bits per heavy atom. The minimum absolute atomic E-state index is 0. The van der Waals surface area contributed by atoms with Crippen LogP contribution in [0.4, 0.5) is 0 Å². The second-order valence-electron chi connectivity index (χ2n) is 12.3. The molecule has 1 aliphatic rings. The van der Waals surface area contributed by atoms with Crippen molar-refractivity contribution in [3.8, 4) is 11.1 Å². The van der Waals surface area contributed by atoms with Gasteiger partial charge in [-0.1, -0.05) is 59.4 Å². The van der Waals surface area contributed by atoms with Gasteiger partial charge in [0.05, 0.1) is 11.1 Å². The third-order valence-electron chi connectivity index (χ3n) is 8.89. The van der Waals surface area contributed by atoms with Crippen molar-refractivity contribution >= 4 is 42.5 Å². The van der Waals surface area contributed by atoms with Crippen molar-refractivity contribution in [2.75, 3.05) is 39.3 Å². The fourth-order valence-corrected chi connectivity index (χ4v) is 6.39. The van der Waals surface area contributed by atoms with Crippen LogP contribution in [-0.4, -0.2) is 77.0 Å². The number of aryl methyl sites for hydroxylation is 1. The maximum atomic E-state index is 13.9. The standard InChI is InChI=1S/C37H54N2O5.2ClH/c1-5-9-19-38(20-10-6-2)23-13-15-27-25-31-29-18-17-28(36(41)42)26-32(29)35(40)34(31)30(33(27)37(43)44)16-14-24-39(21-11-7-3)22-12-8-4;;/h17-18,25-26H,5-16,19-24H2,1-4H3,(H,41,42)(H,43,44);2*1H. The summed E-state index contributed by atoms with van der Waals surface area (Å²) in [4.78, 5) is 43.4. The molecule has 0 aromatic heterocycles. The molecule has 2 aromatic rings. The van der Waals surface area contributed by atoms with E-state index in [-0.39, 0.29) is 41.7 Å². The fourth-order valence-electron chi connectivity index (χ4n) is 6.39. The minimum atomic E-state index is -1.08. The van der Waals surface area contributed by atoms with Gasteiger partial charge in [-0.05, 0) is 131 Å². The minimum Gasteiger partial charge on any atom is -0.478 e. The molecule has 0 radical (unpaired) electrons. The number of aromatic carboxylic acids is 2. The molecule has 258 valence electrons. The summed E-state index contributed by atoms with van der Waals surface area (Å²) in [6.07, 6.45) is 11.8. The summed E-state index contributed by atoms with van der Waals surface area (Å²) in [5, 5.41) is 20.1. The number of nitrogens with zero attached hydrogens (tertiary/aromatic N) is 2. The highest BCUT2D eigenvalue weighted by molar-refractivity contribution is 6.24. The molecule has 0 bridgehead atoms. The molecule has 0 heterocycles. The second kappa shape index (κ2) is 21.4. The summed E-state index contributed by atoms with van der Waals surface area (Å²) < 4.78 is 0. The predicted octanol–water partition coefficient (Wildman–Crippen LogP) is 8.81. The Bertz CT molecular complexity index is 1270. The van der Waals surface area contributed by atoms with Gasteiger partial charge in [-0.2, -0.15) is 0 Å². The van der Waals surface area contributed by atoms with Crippen LogP contribution < -0.4 is 0 Å². The molecule has 0 atom stereocenters. The molecular formula is C37H56Cl2N2O5. The number of ketones is 1. The maximum Gasteiger partial charge on any atom is 0.336 e. The van der Waals surface area contributed by atoms with Gasteiger partial charge in [-0.3, -0.25) is 4.79 Å². The summed E-state index contributed by atoms with van der Waals surface area (Å²) in [7, 11) is 0. The van der Waals surface area contributed by atoms with E-state index < -0.39 is 11.9 Å². The first-order valence-corrected chi connectivity index (χ1v) is 17.1. The van der Waals surface area contributed by atoms with Crippen LogP contribution in [-0.2, 0) is 12.8 Å². The first-order chi connectivity index (χ1) is 21.3. The summed E-state index contributed by atoms with van der Waals surface area (Å²) in [6, 6.07) is 6.60. The van der Waals surface area contributed by atoms with E-state index in [9.17, 15) is 24.6 Å². The van der Waals surface area contributed by atoms with Gasteiger partial charge in [-0.15, -0.1) is 24.8 Å². The van der Waals surface area contributed by atoms with Gasteiger partial charge in [0, 0.05) is 11.1 Å². The Labute approximate surface area is 289 Å². The zero-order valence-corrected chi connectivity index (χ0v) is 30.0. The van der Waals surface area contributed by atoms with Crippen molar-refractivity contribution in [2.45, 2.75) is 105 Å². The predicted molar refractivity (Wildman–Crippen MR) is 193 cm³/mol. The Hall–Kier alpha value is -2.45. The molecule has 0 aliphatic heterocycles. The lowest BCUT2D eigenvalue weighted by Gasteiger charge is -2.23. The number of carboxylic acid groups (broad SMARTS) is 2. The van der Waals surface area contributed by atoms with Crippen molar-refractivity contribution in [1.82, 2.24) is 9.80 Å². The molecule has 1 aliphatic carbocycles. The van der Waals surface area contributed by atoms with Crippen LogP contribution in [0.15, 0.2) is 24.3 Å². The normalized spacial score (nSPS) is 11.7. The van der Waals surface area contributed by atoms with Gasteiger partial charge in [0.1, 0.15) is 0 Å². The Morgan fingerprint density at radius 1 is 0.609 bits per heavy atom. The molecule has 2 aromatic carbocycles. The van der Waals surface area contributed by atoms with Crippen LogP contribution in [0.5, 0.6) is 0 Å². The SMILES string of the molecule is CCCCN(CCCC)CCCc1cc2c(c(CCCN(CCCC)CCCC)c1C(=O)O)C(=O)c1cc(C(=O)O)ccc1-2.Cl.Cl. The maximum absolute atomic E-state index is 13.9. The van der Waals surface area contributed by atoms with Gasteiger partial charge in [-0.25, -0.2) is 9.59 Å². The number of unbranched alkanes of at least 4 members (excludes halogenated alkanes) is 4. The number of fused-ring (bicyclic) bond motifs is 3. The number of carbonyl (C=O) groups is 3. The first kappa shape index (κ1) is 41.6. The van der Waals surface area contributed by atoms with Crippen LogP contribution >= 0.6 is 24.8 Å². The topological polar surface area (TPSA) is 98.2 Å². The molecule has 46 heavy (non-hydrogen) atoms. The van der Waals surface area contributed by atoms with Crippen molar-refractivity contribution in [3.63, 3.8) is 0 Å².